The first-order valence-electron chi connectivity index (χ1n) is 7.82. The minimum absolute atomic E-state index is 0.186. The lowest BCUT2D eigenvalue weighted by molar-refractivity contribution is 0.102. The summed E-state index contributed by atoms with van der Waals surface area (Å²) in [5.74, 6) is 0.635. The molecule has 23 heavy (non-hydrogen) atoms. The van der Waals surface area contributed by atoms with Gasteiger partial charge in [-0.2, -0.15) is 0 Å². The van der Waals surface area contributed by atoms with Gasteiger partial charge >= 0.3 is 0 Å². The second-order valence-electron chi connectivity index (χ2n) is 5.75. The first-order chi connectivity index (χ1) is 11.1. The van der Waals surface area contributed by atoms with E-state index in [2.05, 4.69) is 15.2 Å². The van der Waals surface area contributed by atoms with Gasteiger partial charge in [0.15, 0.2) is 0 Å². The molecule has 5 heteroatoms. The first-order valence-corrected chi connectivity index (χ1v) is 7.82. The average molecular weight is 311 g/mol. The zero-order valence-corrected chi connectivity index (χ0v) is 13.5. The van der Waals surface area contributed by atoms with Gasteiger partial charge in [-0.3, -0.25) is 4.79 Å². The van der Waals surface area contributed by atoms with Crippen LogP contribution in [-0.4, -0.2) is 37.2 Å². The van der Waals surface area contributed by atoms with E-state index < -0.39 is 0 Å². The van der Waals surface area contributed by atoms with Gasteiger partial charge in [0.1, 0.15) is 11.5 Å². The third-order valence-corrected chi connectivity index (χ3v) is 3.94. The Morgan fingerprint density at radius 3 is 2.74 bits per heavy atom. The Morgan fingerprint density at radius 1 is 1.17 bits per heavy atom. The number of hydrogen-bond acceptors (Lipinski definition) is 4. The number of ether oxygens (including phenoxy) is 1. The topological polar surface area (TPSA) is 54.5 Å². The standard InChI is InChI=1S/C18H21N3O2/c1-13-6-7-14(2)16(12-13)20-18(22)15-4-3-5-17(19-15)21-8-10-23-11-9-21/h3-7,12H,8-11H2,1-2H3,(H,20,22). The highest BCUT2D eigenvalue weighted by Gasteiger charge is 2.15. The lowest BCUT2D eigenvalue weighted by Gasteiger charge is -2.27. The van der Waals surface area contributed by atoms with E-state index in [9.17, 15) is 4.79 Å². The Balaban J connectivity index is 1.78. The van der Waals surface area contributed by atoms with Crippen molar-refractivity contribution in [2.24, 2.45) is 0 Å². The Bertz CT molecular complexity index is 709. The fraction of sp³-hybridized carbons (Fsp3) is 0.333. The Hall–Kier alpha value is -2.40. The van der Waals surface area contributed by atoms with Crippen LogP contribution in [0.25, 0.3) is 0 Å². The number of amides is 1. The van der Waals surface area contributed by atoms with Gasteiger partial charge in [-0.05, 0) is 43.2 Å². The molecule has 1 amide bonds. The molecule has 1 fully saturated rings. The van der Waals surface area contributed by atoms with Crippen LogP contribution in [0.5, 0.6) is 0 Å². The molecule has 3 rings (SSSR count). The summed E-state index contributed by atoms with van der Waals surface area (Å²) in [7, 11) is 0. The molecule has 1 N–H and O–H groups in total. The third-order valence-electron chi connectivity index (χ3n) is 3.94. The number of anilines is 2. The molecule has 2 aromatic rings. The average Bonchev–Trinajstić information content (AvgIpc) is 2.59. The quantitative estimate of drug-likeness (QED) is 0.947. The molecule has 2 heterocycles. The van der Waals surface area contributed by atoms with Crippen LogP contribution in [0, 0.1) is 13.8 Å². The number of benzene rings is 1. The fourth-order valence-corrected chi connectivity index (χ4v) is 2.58. The highest BCUT2D eigenvalue weighted by Crippen LogP contribution is 2.18. The lowest BCUT2D eigenvalue weighted by atomic mass is 10.1. The van der Waals surface area contributed by atoms with Gasteiger partial charge in [-0.15, -0.1) is 0 Å². The van der Waals surface area contributed by atoms with Crippen molar-refractivity contribution >= 4 is 17.4 Å². The van der Waals surface area contributed by atoms with Crippen LogP contribution in [0.15, 0.2) is 36.4 Å². The molecule has 1 aliphatic heterocycles. The monoisotopic (exact) mass is 311 g/mol. The summed E-state index contributed by atoms with van der Waals surface area (Å²) in [5.41, 5.74) is 3.40. The Labute approximate surface area is 136 Å². The highest BCUT2D eigenvalue weighted by atomic mass is 16.5. The Morgan fingerprint density at radius 2 is 1.96 bits per heavy atom. The predicted octanol–water partition coefficient (Wildman–Crippen LogP) is 2.79. The molecule has 120 valence electrons. The van der Waals surface area contributed by atoms with Crippen LogP contribution < -0.4 is 10.2 Å². The molecule has 1 saturated heterocycles. The second-order valence-corrected chi connectivity index (χ2v) is 5.75. The van der Waals surface area contributed by atoms with Crippen LogP contribution in [0.3, 0.4) is 0 Å². The summed E-state index contributed by atoms with van der Waals surface area (Å²) in [6.45, 7) is 6.98. The molecule has 0 saturated carbocycles. The number of carbonyl (C=O) groups is 1. The number of aromatic nitrogens is 1. The van der Waals surface area contributed by atoms with Crippen molar-refractivity contribution in [1.82, 2.24) is 4.98 Å². The van der Waals surface area contributed by atoms with Crippen LogP contribution in [-0.2, 0) is 4.74 Å². The van der Waals surface area contributed by atoms with E-state index in [4.69, 9.17) is 4.74 Å². The number of nitrogens with one attached hydrogen (secondary N) is 1. The molecule has 1 aliphatic rings. The largest absolute Gasteiger partial charge is 0.378 e. The molecule has 0 unspecified atom stereocenters. The predicted molar refractivity (Wildman–Crippen MR) is 91.1 cm³/mol. The SMILES string of the molecule is Cc1ccc(C)c(NC(=O)c2cccc(N3CCOCC3)n2)c1. The van der Waals surface area contributed by atoms with Gasteiger partial charge in [0.05, 0.1) is 13.2 Å². The number of pyridine rings is 1. The number of carbonyl (C=O) groups excluding carboxylic acids is 1. The normalized spacial score (nSPS) is 14.6. The second kappa shape index (κ2) is 6.79. The summed E-state index contributed by atoms with van der Waals surface area (Å²) < 4.78 is 5.35. The molecule has 0 bridgehead atoms. The highest BCUT2D eigenvalue weighted by molar-refractivity contribution is 6.03. The van der Waals surface area contributed by atoms with Crippen molar-refractivity contribution in [2.75, 3.05) is 36.5 Å². The van der Waals surface area contributed by atoms with Crippen molar-refractivity contribution in [1.29, 1.82) is 0 Å². The number of nitrogens with zero attached hydrogens (tertiary/aromatic N) is 2. The fourth-order valence-electron chi connectivity index (χ4n) is 2.58. The smallest absolute Gasteiger partial charge is 0.274 e. The molecular formula is C18H21N3O2. The molecular weight excluding hydrogens is 290 g/mol. The third kappa shape index (κ3) is 3.68. The van der Waals surface area contributed by atoms with E-state index in [0.717, 1.165) is 35.7 Å². The number of morpholine rings is 1. The van der Waals surface area contributed by atoms with Gasteiger partial charge in [-0.1, -0.05) is 18.2 Å². The minimum Gasteiger partial charge on any atom is -0.378 e. The molecule has 0 aliphatic carbocycles. The molecule has 0 spiro atoms. The van der Waals surface area contributed by atoms with Crippen molar-refractivity contribution in [2.45, 2.75) is 13.8 Å². The van der Waals surface area contributed by atoms with Crippen molar-refractivity contribution in [3.63, 3.8) is 0 Å². The maximum Gasteiger partial charge on any atom is 0.274 e. The lowest BCUT2D eigenvalue weighted by Crippen LogP contribution is -2.37. The molecule has 0 radical (unpaired) electrons. The molecule has 5 nitrogen and oxygen atoms in total. The van der Waals surface area contributed by atoms with Gasteiger partial charge in [0.2, 0.25) is 0 Å². The van der Waals surface area contributed by atoms with E-state index in [1.165, 1.54) is 0 Å². The van der Waals surface area contributed by atoms with E-state index in [-0.39, 0.29) is 5.91 Å². The van der Waals surface area contributed by atoms with Gasteiger partial charge < -0.3 is 15.0 Å². The summed E-state index contributed by atoms with van der Waals surface area (Å²) in [4.78, 5) is 19.1. The summed E-state index contributed by atoms with van der Waals surface area (Å²) in [5, 5.41) is 2.95. The van der Waals surface area contributed by atoms with Crippen LogP contribution in [0.2, 0.25) is 0 Å². The van der Waals surface area contributed by atoms with Crippen molar-refractivity contribution in [3.05, 3.63) is 53.2 Å². The zero-order valence-electron chi connectivity index (χ0n) is 13.5. The van der Waals surface area contributed by atoms with Crippen LogP contribution in [0.1, 0.15) is 21.6 Å². The summed E-state index contributed by atoms with van der Waals surface area (Å²) >= 11 is 0. The summed E-state index contributed by atoms with van der Waals surface area (Å²) in [6.07, 6.45) is 0. The van der Waals surface area contributed by atoms with E-state index in [1.807, 2.05) is 44.2 Å². The van der Waals surface area contributed by atoms with Crippen molar-refractivity contribution in [3.8, 4) is 0 Å². The van der Waals surface area contributed by atoms with Crippen molar-refractivity contribution < 1.29 is 9.53 Å². The van der Waals surface area contributed by atoms with Gasteiger partial charge in [-0.25, -0.2) is 4.98 Å². The van der Waals surface area contributed by atoms with E-state index in [0.29, 0.717) is 18.9 Å². The van der Waals surface area contributed by atoms with Gasteiger partial charge in [0.25, 0.3) is 5.91 Å². The minimum atomic E-state index is -0.186. The number of rotatable bonds is 3. The summed E-state index contributed by atoms with van der Waals surface area (Å²) in [6, 6.07) is 11.5. The maximum absolute atomic E-state index is 12.5. The van der Waals surface area contributed by atoms with Crippen LogP contribution in [0.4, 0.5) is 11.5 Å². The first kappa shape index (κ1) is 15.5. The van der Waals surface area contributed by atoms with E-state index in [1.54, 1.807) is 6.07 Å². The molecule has 1 aromatic heterocycles. The number of aryl methyl sites for hydroxylation is 2. The van der Waals surface area contributed by atoms with Crippen LogP contribution >= 0.6 is 0 Å². The van der Waals surface area contributed by atoms with E-state index >= 15 is 0 Å². The Kier molecular flexibility index (Phi) is 4.57. The molecule has 1 aromatic carbocycles. The number of hydrogen-bond donors (Lipinski definition) is 1. The van der Waals surface area contributed by atoms with Gasteiger partial charge in [0, 0.05) is 18.8 Å². The molecule has 0 atom stereocenters. The maximum atomic E-state index is 12.5. The zero-order chi connectivity index (χ0) is 16.2.